The van der Waals surface area contributed by atoms with Crippen LogP contribution < -0.4 is 5.73 Å². The molecule has 0 bridgehead atoms. The van der Waals surface area contributed by atoms with Crippen molar-refractivity contribution in [3.8, 4) is 0 Å². The second-order valence-electron chi connectivity index (χ2n) is 6.47. The van der Waals surface area contributed by atoms with E-state index in [1.54, 1.807) is 0 Å². The Hall–Kier alpha value is -0.0800. The van der Waals surface area contributed by atoms with Crippen molar-refractivity contribution < 1.29 is 4.74 Å². The Kier molecular flexibility index (Phi) is 4.87. The average Bonchev–Trinajstić information content (AvgIpc) is 2.54. The molecule has 2 nitrogen and oxygen atoms in total. The highest BCUT2D eigenvalue weighted by molar-refractivity contribution is 4.86. The zero-order valence-corrected chi connectivity index (χ0v) is 11.4. The van der Waals surface area contributed by atoms with Crippen LogP contribution in [0.15, 0.2) is 0 Å². The Bertz CT molecular complexity index is 213. The maximum Gasteiger partial charge on any atom is 0.0649 e. The molecule has 0 aromatic carbocycles. The molecule has 0 aromatic rings. The van der Waals surface area contributed by atoms with Gasteiger partial charge in [-0.2, -0.15) is 0 Å². The van der Waals surface area contributed by atoms with Crippen LogP contribution in [-0.2, 0) is 4.74 Å². The summed E-state index contributed by atoms with van der Waals surface area (Å²) >= 11 is 0. The van der Waals surface area contributed by atoms with Crippen molar-refractivity contribution in [2.75, 3.05) is 6.61 Å². The molecule has 0 aromatic heterocycles. The predicted molar refractivity (Wildman–Crippen MR) is 72.0 cm³/mol. The van der Waals surface area contributed by atoms with E-state index in [1.807, 2.05) is 0 Å². The van der Waals surface area contributed by atoms with Crippen molar-refractivity contribution in [2.24, 2.45) is 11.7 Å². The normalized spacial score (nSPS) is 34.2. The van der Waals surface area contributed by atoms with E-state index in [1.165, 1.54) is 51.4 Å². The zero-order chi connectivity index (χ0) is 12.1. The van der Waals surface area contributed by atoms with E-state index in [4.69, 9.17) is 10.5 Å². The van der Waals surface area contributed by atoms with Gasteiger partial charge in [0.25, 0.3) is 0 Å². The van der Waals surface area contributed by atoms with Gasteiger partial charge in [0.15, 0.2) is 0 Å². The van der Waals surface area contributed by atoms with Gasteiger partial charge in [-0.25, -0.2) is 0 Å². The molecule has 2 saturated carbocycles. The SMILES string of the molecule is CC1CCC(OCC2(N)CCCCCC2)CC1. The Morgan fingerprint density at radius 3 is 2.18 bits per heavy atom. The first-order valence-electron chi connectivity index (χ1n) is 7.58. The molecule has 0 saturated heterocycles. The van der Waals surface area contributed by atoms with Crippen molar-refractivity contribution in [2.45, 2.75) is 82.8 Å². The lowest BCUT2D eigenvalue weighted by molar-refractivity contribution is -0.00994. The summed E-state index contributed by atoms with van der Waals surface area (Å²) in [7, 11) is 0. The lowest BCUT2D eigenvalue weighted by Crippen LogP contribution is -2.45. The lowest BCUT2D eigenvalue weighted by atomic mass is 9.88. The molecule has 100 valence electrons. The molecule has 0 radical (unpaired) electrons. The molecule has 0 atom stereocenters. The third-order valence-electron chi connectivity index (χ3n) is 4.67. The summed E-state index contributed by atoms with van der Waals surface area (Å²) in [4.78, 5) is 0. The third kappa shape index (κ3) is 4.26. The molecule has 2 aliphatic carbocycles. The van der Waals surface area contributed by atoms with Gasteiger partial charge in [-0.05, 0) is 44.4 Å². The van der Waals surface area contributed by atoms with Crippen LogP contribution in [0.1, 0.15) is 71.1 Å². The molecule has 0 spiro atoms. The molecule has 0 aliphatic heterocycles. The van der Waals surface area contributed by atoms with Crippen LogP contribution >= 0.6 is 0 Å². The average molecular weight is 239 g/mol. The van der Waals surface area contributed by atoms with Gasteiger partial charge in [0.2, 0.25) is 0 Å². The van der Waals surface area contributed by atoms with Gasteiger partial charge in [0.1, 0.15) is 0 Å². The van der Waals surface area contributed by atoms with Crippen LogP contribution in [0.4, 0.5) is 0 Å². The minimum Gasteiger partial charge on any atom is -0.376 e. The number of nitrogens with two attached hydrogens (primary N) is 1. The standard InChI is InChI=1S/C15H29NO/c1-13-6-8-14(9-7-13)17-12-15(16)10-4-2-3-5-11-15/h13-14H,2-12,16H2,1H3. The summed E-state index contributed by atoms with van der Waals surface area (Å²) in [5, 5.41) is 0. The first kappa shape index (κ1) is 13.4. The van der Waals surface area contributed by atoms with Crippen LogP contribution in [0.5, 0.6) is 0 Å². The first-order valence-corrected chi connectivity index (χ1v) is 7.58. The van der Waals surface area contributed by atoms with Crippen molar-refractivity contribution in [3.63, 3.8) is 0 Å². The van der Waals surface area contributed by atoms with E-state index in [2.05, 4.69) is 6.92 Å². The van der Waals surface area contributed by atoms with E-state index in [9.17, 15) is 0 Å². The number of ether oxygens (including phenoxy) is 1. The highest BCUT2D eigenvalue weighted by atomic mass is 16.5. The molecule has 0 unspecified atom stereocenters. The number of hydrogen-bond acceptors (Lipinski definition) is 2. The quantitative estimate of drug-likeness (QED) is 0.763. The third-order valence-corrected chi connectivity index (χ3v) is 4.67. The summed E-state index contributed by atoms with van der Waals surface area (Å²) in [5.41, 5.74) is 6.46. The van der Waals surface area contributed by atoms with E-state index >= 15 is 0 Å². The van der Waals surface area contributed by atoms with Gasteiger partial charge in [-0.3, -0.25) is 0 Å². The fourth-order valence-corrected chi connectivity index (χ4v) is 3.26. The summed E-state index contributed by atoms with van der Waals surface area (Å²) in [6, 6.07) is 0. The Labute approximate surface area is 106 Å². The van der Waals surface area contributed by atoms with E-state index in [-0.39, 0.29) is 5.54 Å². The summed E-state index contributed by atoms with van der Waals surface area (Å²) < 4.78 is 6.10. The molecular formula is C15H29NO. The summed E-state index contributed by atoms with van der Waals surface area (Å²) in [6.45, 7) is 3.15. The molecule has 2 heteroatoms. The van der Waals surface area contributed by atoms with Crippen LogP contribution in [0, 0.1) is 5.92 Å². The molecule has 2 rings (SSSR count). The minimum atomic E-state index is -0.0143. The van der Waals surface area contributed by atoms with Gasteiger partial charge in [-0.15, -0.1) is 0 Å². The van der Waals surface area contributed by atoms with Crippen molar-refractivity contribution in [1.29, 1.82) is 0 Å². The van der Waals surface area contributed by atoms with Crippen LogP contribution in [0.3, 0.4) is 0 Å². The Morgan fingerprint density at radius 2 is 1.59 bits per heavy atom. The largest absolute Gasteiger partial charge is 0.376 e. The lowest BCUT2D eigenvalue weighted by Gasteiger charge is -2.32. The fraction of sp³-hybridized carbons (Fsp3) is 1.00. The van der Waals surface area contributed by atoms with E-state index in [0.717, 1.165) is 25.4 Å². The molecule has 2 N–H and O–H groups in total. The van der Waals surface area contributed by atoms with E-state index < -0.39 is 0 Å². The van der Waals surface area contributed by atoms with Gasteiger partial charge in [-0.1, -0.05) is 32.6 Å². The maximum atomic E-state index is 6.48. The van der Waals surface area contributed by atoms with E-state index in [0.29, 0.717) is 6.10 Å². The first-order chi connectivity index (χ1) is 8.18. The van der Waals surface area contributed by atoms with Crippen molar-refractivity contribution in [1.82, 2.24) is 0 Å². The summed E-state index contributed by atoms with van der Waals surface area (Å²) in [5.74, 6) is 0.902. The van der Waals surface area contributed by atoms with Crippen LogP contribution in [0.25, 0.3) is 0 Å². The van der Waals surface area contributed by atoms with Crippen LogP contribution in [0.2, 0.25) is 0 Å². The molecule has 2 fully saturated rings. The fourth-order valence-electron chi connectivity index (χ4n) is 3.26. The van der Waals surface area contributed by atoms with Gasteiger partial charge >= 0.3 is 0 Å². The predicted octanol–water partition coefficient (Wildman–Crippen LogP) is 3.63. The maximum absolute atomic E-state index is 6.48. The van der Waals surface area contributed by atoms with Crippen LogP contribution in [-0.4, -0.2) is 18.2 Å². The van der Waals surface area contributed by atoms with Gasteiger partial charge in [0, 0.05) is 5.54 Å². The molecule has 2 aliphatic rings. The summed E-state index contributed by atoms with van der Waals surface area (Å²) in [6.07, 6.45) is 13.3. The molecule has 17 heavy (non-hydrogen) atoms. The number of rotatable bonds is 3. The second kappa shape index (κ2) is 6.19. The Morgan fingerprint density at radius 1 is 1.00 bits per heavy atom. The van der Waals surface area contributed by atoms with Gasteiger partial charge in [0.05, 0.1) is 12.7 Å². The topological polar surface area (TPSA) is 35.2 Å². The van der Waals surface area contributed by atoms with Crippen molar-refractivity contribution in [3.05, 3.63) is 0 Å². The number of hydrogen-bond donors (Lipinski definition) is 1. The highest BCUT2D eigenvalue weighted by Gasteiger charge is 2.28. The van der Waals surface area contributed by atoms with Gasteiger partial charge < -0.3 is 10.5 Å². The molecular weight excluding hydrogens is 210 g/mol. The monoisotopic (exact) mass is 239 g/mol. The molecule has 0 heterocycles. The molecule has 0 amide bonds. The minimum absolute atomic E-state index is 0.0143. The Balaban J connectivity index is 1.72. The smallest absolute Gasteiger partial charge is 0.0649 e. The highest BCUT2D eigenvalue weighted by Crippen LogP contribution is 2.29. The second-order valence-corrected chi connectivity index (χ2v) is 6.47. The zero-order valence-electron chi connectivity index (χ0n) is 11.4. The van der Waals surface area contributed by atoms with Crippen molar-refractivity contribution >= 4 is 0 Å².